The van der Waals surface area contributed by atoms with Crippen LogP contribution in [0.1, 0.15) is 25.1 Å². The molecule has 0 aliphatic carbocycles. The van der Waals surface area contributed by atoms with Crippen molar-refractivity contribution in [3.63, 3.8) is 0 Å². The minimum absolute atomic E-state index is 0.515. The maximum atomic E-state index is 4.99. The maximum absolute atomic E-state index is 4.99. The molecule has 2 heterocycles. The molecule has 0 spiro atoms. The second-order valence-corrected chi connectivity index (χ2v) is 7.49. The fourth-order valence-electron chi connectivity index (χ4n) is 3.56. The molecular formula is C22H24N6. The molecule has 0 unspecified atom stereocenters. The average molecular weight is 372 g/mol. The molecule has 0 aliphatic heterocycles. The van der Waals surface area contributed by atoms with Crippen LogP contribution in [0.15, 0.2) is 42.5 Å². The van der Waals surface area contributed by atoms with Crippen molar-refractivity contribution in [2.45, 2.75) is 27.2 Å². The van der Waals surface area contributed by atoms with Crippen molar-refractivity contribution in [2.75, 3.05) is 12.4 Å². The smallest absolute Gasteiger partial charge is 0.204 e. The maximum Gasteiger partial charge on any atom is 0.204 e. The molecule has 0 radical (unpaired) electrons. The van der Waals surface area contributed by atoms with E-state index < -0.39 is 0 Å². The van der Waals surface area contributed by atoms with Crippen molar-refractivity contribution in [3.05, 3.63) is 53.7 Å². The van der Waals surface area contributed by atoms with E-state index in [1.165, 1.54) is 5.56 Å². The zero-order valence-corrected chi connectivity index (χ0v) is 16.6. The molecule has 0 aliphatic rings. The first-order valence-corrected chi connectivity index (χ1v) is 9.52. The molecule has 0 saturated heterocycles. The molecule has 2 aromatic carbocycles. The van der Waals surface area contributed by atoms with Crippen LogP contribution in [0, 0.1) is 12.8 Å². The van der Waals surface area contributed by atoms with Gasteiger partial charge in [0.25, 0.3) is 0 Å². The molecule has 0 saturated carbocycles. The number of fused-ring (bicyclic) bond motifs is 1. The Balaban J connectivity index is 2.03. The number of hydrogen-bond donors (Lipinski definition) is 2. The molecular weight excluding hydrogens is 348 g/mol. The van der Waals surface area contributed by atoms with Crippen LogP contribution >= 0.6 is 0 Å². The number of tetrazole rings is 1. The van der Waals surface area contributed by atoms with E-state index >= 15 is 0 Å². The van der Waals surface area contributed by atoms with E-state index in [4.69, 9.17) is 4.98 Å². The summed E-state index contributed by atoms with van der Waals surface area (Å²) in [6.07, 6.45) is 0.914. The highest BCUT2D eigenvalue weighted by molar-refractivity contribution is 6.03. The van der Waals surface area contributed by atoms with E-state index in [9.17, 15) is 0 Å². The number of aromatic amines is 1. The molecule has 4 aromatic rings. The molecule has 142 valence electrons. The second-order valence-electron chi connectivity index (χ2n) is 7.49. The fraction of sp³-hybridized carbons (Fsp3) is 0.273. The first-order chi connectivity index (χ1) is 13.6. The quantitative estimate of drug-likeness (QED) is 0.534. The Morgan fingerprint density at radius 2 is 1.79 bits per heavy atom. The van der Waals surface area contributed by atoms with Crippen molar-refractivity contribution in [1.82, 2.24) is 25.6 Å². The van der Waals surface area contributed by atoms with Gasteiger partial charge >= 0.3 is 0 Å². The van der Waals surface area contributed by atoms with Gasteiger partial charge in [-0.15, -0.1) is 10.2 Å². The van der Waals surface area contributed by atoms with E-state index in [0.717, 1.165) is 45.4 Å². The van der Waals surface area contributed by atoms with E-state index in [2.05, 4.69) is 77.0 Å². The second kappa shape index (κ2) is 7.38. The number of benzene rings is 2. The van der Waals surface area contributed by atoms with E-state index in [-0.39, 0.29) is 0 Å². The molecule has 28 heavy (non-hydrogen) atoms. The highest BCUT2D eigenvalue weighted by atomic mass is 15.5. The molecule has 4 rings (SSSR count). The molecule has 6 nitrogen and oxygen atoms in total. The lowest BCUT2D eigenvalue weighted by Crippen LogP contribution is -2.06. The molecule has 0 bridgehead atoms. The van der Waals surface area contributed by atoms with Gasteiger partial charge in [-0.25, -0.2) is 0 Å². The predicted molar refractivity (Wildman–Crippen MR) is 113 cm³/mol. The third-order valence-corrected chi connectivity index (χ3v) is 4.86. The number of rotatable bonds is 5. The van der Waals surface area contributed by atoms with Gasteiger partial charge in [0.05, 0.1) is 16.9 Å². The molecule has 0 amide bonds. The van der Waals surface area contributed by atoms with Gasteiger partial charge in [-0.2, -0.15) is 5.21 Å². The van der Waals surface area contributed by atoms with E-state index in [0.29, 0.717) is 11.7 Å². The SMILES string of the molecule is CNc1c(CC(C)C)nc2ccc(-c3nn[nH]n3)cc2c1-c1ccc(C)cc1. The first-order valence-electron chi connectivity index (χ1n) is 9.52. The van der Waals surface area contributed by atoms with Gasteiger partial charge in [0.2, 0.25) is 5.82 Å². The van der Waals surface area contributed by atoms with Crippen LogP contribution < -0.4 is 5.32 Å². The van der Waals surface area contributed by atoms with Crippen molar-refractivity contribution in [1.29, 1.82) is 0 Å². The lowest BCUT2D eigenvalue weighted by molar-refractivity contribution is 0.638. The van der Waals surface area contributed by atoms with Gasteiger partial charge < -0.3 is 5.32 Å². The lowest BCUT2D eigenvalue weighted by Gasteiger charge is -2.19. The molecule has 6 heteroatoms. The Morgan fingerprint density at radius 3 is 2.43 bits per heavy atom. The summed E-state index contributed by atoms with van der Waals surface area (Å²) in [7, 11) is 1.97. The van der Waals surface area contributed by atoms with Crippen LogP contribution in [-0.4, -0.2) is 32.7 Å². The van der Waals surface area contributed by atoms with E-state index in [1.807, 2.05) is 19.2 Å². The van der Waals surface area contributed by atoms with Gasteiger partial charge in [0.15, 0.2) is 0 Å². The largest absolute Gasteiger partial charge is 0.386 e. The van der Waals surface area contributed by atoms with Crippen LogP contribution in [0.5, 0.6) is 0 Å². The van der Waals surface area contributed by atoms with Gasteiger partial charge in [-0.1, -0.05) is 43.7 Å². The topological polar surface area (TPSA) is 79.4 Å². The summed E-state index contributed by atoms with van der Waals surface area (Å²) in [5, 5.41) is 18.9. The number of aryl methyl sites for hydroxylation is 1. The van der Waals surface area contributed by atoms with Gasteiger partial charge in [-0.3, -0.25) is 4.98 Å². The molecule has 0 atom stereocenters. The van der Waals surface area contributed by atoms with Crippen molar-refractivity contribution in [3.8, 4) is 22.5 Å². The van der Waals surface area contributed by atoms with Gasteiger partial charge in [-0.05, 0) is 48.2 Å². The average Bonchev–Trinajstić information content (AvgIpc) is 3.22. The highest BCUT2D eigenvalue weighted by Crippen LogP contribution is 2.38. The fourth-order valence-corrected chi connectivity index (χ4v) is 3.56. The van der Waals surface area contributed by atoms with Gasteiger partial charge in [0, 0.05) is 23.6 Å². The Hall–Kier alpha value is -3.28. The Bertz CT molecular complexity index is 1100. The molecule has 2 N–H and O–H groups in total. The summed E-state index contributed by atoms with van der Waals surface area (Å²) >= 11 is 0. The number of H-pyrrole nitrogens is 1. The number of anilines is 1. The van der Waals surface area contributed by atoms with Crippen LogP contribution in [0.25, 0.3) is 33.4 Å². The first kappa shape index (κ1) is 18.1. The normalized spacial score (nSPS) is 11.3. The number of nitrogens with zero attached hydrogens (tertiary/aromatic N) is 4. The monoisotopic (exact) mass is 372 g/mol. The van der Waals surface area contributed by atoms with Crippen LogP contribution in [-0.2, 0) is 6.42 Å². The van der Waals surface area contributed by atoms with Crippen LogP contribution in [0.4, 0.5) is 5.69 Å². The Kier molecular flexibility index (Phi) is 4.77. The summed E-state index contributed by atoms with van der Waals surface area (Å²) in [5.74, 6) is 1.09. The highest BCUT2D eigenvalue weighted by Gasteiger charge is 2.18. The molecule has 2 aromatic heterocycles. The third kappa shape index (κ3) is 3.33. The number of nitrogens with one attached hydrogen (secondary N) is 2. The number of pyridine rings is 1. The lowest BCUT2D eigenvalue weighted by atomic mass is 9.93. The van der Waals surface area contributed by atoms with Crippen LogP contribution in [0.2, 0.25) is 0 Å². The van der Waals surface area contributed by atoms with Crippen molar-refractivity contribution in [2.24, 2.45) is 5.92 Å². The summed E-state index contributed by atoms with van der Waals surface area (Å²) in [6, 6.07) is 14.8. The summed E-state index contributed by atoms with van der Waals surface area (Å²) < 4.78 is 0. The zero-order valence-electron chi connectivity index (χ0n) is 16.6. The minimum Gasteiger partial charge on any atom is -0.386 e. The summed E-state index contributed by atoms with van der Waals surface area (Å²) in [4.78, 5) is 4.99. The summed E-state index contributed by atoms with van der Waals surface area (Å²) in [6.45, 7) is 6.54. The number of hydrogen-bond acceptors (Lipinski definition) is 5. The van der Waals surface area contributed by atoms with Crippen molar-refractivity contribution >= 4 is 16.6 Å². The molecule has 0 fully saturated rings. The van der Waals surface area contributed by atoms with Crippen LogP contribution in [0.3, 0.4) is 0 Å². The van der Waals surface area contributed by atoms with Gasteiger partial charge in [0.1, 0.15) is 0 Å². The minimum atomic E-state index is 0.515. The third-order valence-electron chi connectivity index (χ3n) is 4.86. The predicted octanol–water partition coefficient (Wildman–Crippen LogP) is 4.63. The summed E-state index contributed by atoms with van der Waals surface area (Å²) in [5.41, 5.74) is 7.62. The Labute approximate surface area is 164 Å². The standard InChI is InChI=1S/C22H24N6/c1-13(2)11-19-21(23-4)20(15-7-5-14(3)6-8-15)17-12-16(9-10-18(17)24-19)22-25-27-28-26-22/h5-10,12-13,23H,11H2,1-4H3,(H,25,26,27,28). The van der Waals surface area contributed by atoms with Crippen molar-refractivity contribution < 1.29 is 0 Å². The number of aromatic nitrogens is 5. The Morgan fingerprint density at radius 1 is 1.04 bits per heavy atom. The van der Waals surface area contributed by atoms with E-state index in [1.54, 1.807) is 0 Å². The zero-order chi connectivity index (χ0) is 19.7.